The minimum atomic E-state index is -1.05. The molecule has 33 heavy (non-hydrogen) atoms. The van der Waals surface area contributed by atoms with Crippen molar-refractivity contribution in [1.29, 1.82) is 0 Å². The molecule has 1 N–H and O–H groups in total. The molecule has 3 aliphatic heterocycles. The number of alkyl halides is 1. The topological polar surface area (TPSA) is 96.4 Å². The van der Waals surface area contributed by atoms with Crippen LogP contribution in [0.4, 0.5) is 0 Å². The molecule has 3 saturated heterocycles. The summed E-state index contributed by atoms with van der Waals surface area (Å²) in [5.41, 5.74) is -1.05. The summed E-state index contributed by atoms with van der Waals surface area (Å²) in [6, 6.07) is -0.787. The lowest BCUT2D eigenvalue weighted by Crippen LogP contribution is -2.57. The van der Waals surface area contributed by atoms with E-state index in [0.717, 1.165) is 19.3 Å². The zero-order chi connectivity index (χ0) is 24.2. The molecule has 3 heterocycles. The average Bonchev–Trinajstić information content (AvgIpc) is 3.37. The van der Waals surface area contributed by atoms with E-state index in [2.05, 4.69) is 29.4 Å². The van der Waals surface area contributed by atoms with Gasteiger partial charge < -0.3 is 24.4 Å². The minimum absolute atomic E-state index is 0.0913. The van der Waals surface area contributed by atoms with Crippen molar-refractivity contribution in [3.63, 3.8) is 0 Å². The van der Waals surface area contributed by atoms with Crippen molar-refractivity contribution >= 4 is 33.7 Å². The SMILES string of the molecule is C=CCN(CCCC)C(=O)C1N(CCCCCO)C(=O)[C@@H]2[C@@H](C(=O)OCC)[C@@H]3OC12CC3Br. The third-order valence-corrected chi connectivity index (χ3v) is 7.93. The molecule has 9 heteroatoms. The molecule has 0 aromatic heterocycles. The van der Waals surface area contributed by atoms with Crippen LogP contribution < -0.4 is 0 Å². The lowest BCUT2D eigenvalue weighted by atomic mass is 9.70. The highest BCUT2D eigenvalue weighted by Crippen LogP contribution is 2.60. The molecular formula is C24H37BrN2O6. The first-order chi connectivity index (χ1) is 15.9. The number of carbonyl (C=O) groups excluding carboxylic acids is 3. The first kappa shape index (κ1) is 26.2. The Bertz CT molecular complexity index is 748. The number of esters is 1. The van der Waals surface area contributed by atoms with Crippen LogP contribution in [0, 0.1) is 11.8 Å². The highest BCUT2D eigenvalue weighted by Gasteiger charge is 2.76. The zero-order valence-electron chi connectivity index (χ0n) is 19.7. The standard InChI is InChI=1S/C24H37BrN2O6/c1-4-7-12-26(11-5-2)22(30)20-24-15-16(25)19(33-24)17(23(31)32-6-3)18(24)21(29)27(20)13-9-8-10-14-28/h5,16-20,28H,2,4,6-15H2,1,3H3/t16?,17-,18+,19-,20?,24?/m1/s1. The fourth-order valence-corrected chi connectivity index (χ4v) is 6.64. The quantitative estimate of drug-likeness (QED) is 0.170. The summed E-state index contributed by atoms with van der Waals surface area (Å²) in [6.45, 7) is 9.29. The van der Waals surface area contributed by atoms with Gasteiger partial charge in [0, 0.05) is 31.1 Å². The van der Waals surface area contributed by atoms with Gasteiger partial charge in [-0.2, -0.15) is 0 Å². The van der Waals surface area contributed by atoms with Gasteiger partial charge in [0.15, 0.2) is 0 Å². The lowest BCUT2D eigenvalue weighted by Gasteiger charge is -2.37. The van der Waals surface area contributed by atoms with Crippen LogP contribution in [0.5, 0.6) is 0 Å². The van der Waals surface area contributed by atoms with E-state index in [4.69, 9.17) is 14.6 Å². The molecule has 0 aliphatic carbocycles. The predicted octanol–water partition coefficient (Wildman–Crippen LogP) is 2.27. The molecule has 3 fully saturated rings. The number of fused-ring (bicyclic) bond motifs is 1. The van der Waals surface area contributed by atoms with Crippen LogP contribution >= 0.6 is 15.9 Å². The van der Waals surface area contributed by atoms with Crippen molar-refractivity contribution in [1.82, 2.24) is 9.80 Å². The maximum atomic E-state index is 14.0. The fourth-order valence-electron chi connectivity index (χ4n) is 5.70. The Balaban J connectivity index is 1.98. The smallest absolute Gasteiger partial charge is 0.312 e. The van der Waals surface area contributed by atoms with Gasteiger partial charge in [0.2, 0.25) is 11.8 Å². The Labute approximate surface area is 204 Å². The summed E-state index contributed by atoms with van der Waals surface area (Å²) in [7, 11) is 0. The van der Waals surface area contributed by atoms with E-state index < -0.39 is 35.6 Å². The number of hydrogen-bond acceptors (Lipinski definition) is 6. The number of amides is 2. The Morgan fingerprint density at radius 3 is 2.73 bits per heavy atom. The van der Waals surface area contributed by atoms with Crippen molar-refractivity contribution in [3.8, 4) is 0 Å². The van der Waals surface area contributed by atoms with Crippen molar-refractivity contribution in [3.05, 3.63) is 12.7 Å². The van der Waals surface area contributed by atoms with Crippen LogP contribution in [0.1, 0.15) is 52.4 Å². The number of ether oxygens (including phenoxy) is 2. The van der Waals surface area contributed by atoms with E-state index in [-0.39, 0.29) is 29.9 Å². The molecular weight excluding hydrogens is 492 g/mol. The third kappa shape index (κ3) is 4.73. The van der Waals surface area contributed by atoms with Gasteiger partial charge in [0.25, 0.3) is 0 Å². The van der Waals surface area contributed by atoms with Gasteiger partial charge in [-0.25, -0.2) is 0 Å². The van der Waals surface area contributed by atoms with Gasteiger partial charge in [0.1, 0.15) is 11.6 Å². The van der Waals surface area contributed by atoms with Gasteiger partial charge in [-0.1, -0.05) is 35.4 Å². The van der Waals surface area contributed by atoms with Gasteiger partial charge in [-0.15, -0.1) is 6.58 Å². The molecule has 6 atom stereocenters. The molecule has 2 amide bonds. The number of halogens is 1. The summed E-state index contributed by atoms with van der Waals surface area (Å²) in [5, 5.41) is 9.13. The maximum absolute atomic E-state index is 14.0. The van der Waals surface area contributed by atoms with E-state index in [1.54, 1.807) is 22.8 Å². The first-order valence-electron chi connectivity index (χ1n) is 12.2. The normalized spacial score (nSPS) is 32.2. The van der Waals surface area contributed by atoms with Gasteiger partial charge >= 0.3 is 5.97 Å². The van der Waals surface area contributed by atoms with Gasteiger partial charge in [-0.05, 0) is 39.0 Å². The van der Waals surface area contributed by atoms with Crippen molar-refractivity contribution in [2.75, 3.05) is 32.8 Å². The summed E-state index contributed by atoms with van der Waals surface area (Å²) in [4.78, 5) is 43.9. The zero-order valence-corrected chi connectivity index (χ0v) is 21.3. The molecule has 3 unspecified atom stereocenters. The molecule has 0 aromatic rings. The van der Waals surface area contributed by atoms with Crippen molar-refractivity contribution in [2.45, 2.75) is 74.9 Å². The maximum Gasteiger partial charge on any atom is 0.312 e. The number of aliphatic hydroxyl groups is 1. The molecule has 2 bridgehead atoms. The van der Waals surface area contributed by atoms with Crippen LogP contribution in [-0.2, 0) is 23.9 Å². The molecule has 1 spiro atoms. The van der Waals surface area contributed by atoms with Crippen LogP contribution in [-0.4, -0.2) is 88.1 Å². The lowest BCUT2D eigenvalue weighted by molar-refractivity contribution is -0.154. The summed E-state index contributed by atoms with van der Waals surface area (Å²) < 4.78 is 11.8. The van der Waals surface area contributed by atoms with E-state index >= 15 is 0 Å². The summed E-state index contributed by atoms with van der Waals surface area (Å²) in [5.74, 6) is -2.23. The number of likely N-dealkylation sites (tertiary alicyclic amines) is 1. The molecule has 0 saturated carbocycles. The summed E-state index contributed by atoms with van der Waals surface area (Å²) >= 11 is 3.65. The van der Waals surface area contributed by atoms with Crippen LogP contribution in [0.25, 0.3) is 0 Å². The van der Waals surface area contributed by atoms with Crippen LogP contribution in [0.2, 0.25) is 0 Å². The van der Waals surface area contributed by atoms with Crippen molar-refractivity contribution in [2.24, 2.45) is 11.8 Å². The second-order valence-electron chi connectivity index (χ2n) is 9.16. The molecule has 3 aliphatic rings. The second kappa shape index (κ2) is 11.3. The van der Waals surface area contributed by atoms with Gasteiger partial charge in [-0.3, -0.25) is 14.4 Å². The Kier molecular flexibility index (Phi) is 8.97. The van der Waals surface area contributed by atoms with E-state index in [1.165, 1.54) is 0 Å². The molecule has 186 valence electrons. The number of hydrogen-bond donors (Lipinski definition) is 1. The highest BCUT2D eigenvalue weighted by molar-refractivity contribution is 9.09. The van der Waals surface area contributed by atoms with Gasteiger partial charge in [0.05, 0.1) is 24.5 Å². The number of aliphatic hydroxyl groups excluding tert-OH is 1. The third-order valence-electron chi connectivity index (χ3n) is 7.08. The Morgan fingerprint density at radius 2 is 2.09 bits per heavy atom. The monoisotopic (exact) mass is 528 g/mol. The first-order valence-corrected chi connectivity index (χ1v) is 13.1. The largest absolute Gasteiger partial charge is 0.466 e. The van der Waals surface area contributed by atoms with Crippen LogP contribution in [0.15, 0.2) is 12.7 Å². The van der Waals surface area contributed by atoms with Crippen LogP contribution in [0.3, 0.4) is 0 Å². The molecule has 0 aromatic carbocycles. The van der Waals surface area contributed by atoms with E-state index in [0.29, 0.717) is 38.9 Å². The number of nitrogens with zero attached hydrogens (tertiary/aromatic N) is 2. The van der Waals surface area contributed by atoms with E-state index in [1.807, 2.05) is 0 Å². The molecule has 3 rings (SSSR count). The minimum Gasteiger partial charge on any atom is -0.466 e. The predicted molar refractivity (Wildman–Crippen MR) is 127 cm³/mol. The second-order valence-corrected chi connectivity index (χ2v) is 10.3. The fraction of sp³-hybridized carbons (Fsp3) is 0.792. The Hall–Kier alpha value is -1.45. The summed E-state index contributed by atoms with van der Waals surface area (Å²) in [6.07, 6.45) is 5.54. The number of rotatable bonds is 13. The number of unbranched alkanes of at least 4 members (excludes halogenated alkanes) is 3. The van der Waals surface area contributed by atoms with E-state index in [9.17, 15) is 14.4 Å². The number of carbonyl (C=O) groups is 3. The molecule has 0 radical (unpaired) electrons. The molecule has 8 nitrogen and oxygen atoms in total. The highest BCUT2D eigenvalue weighted by atomic mass is 79.9. The average molecular weight is 529 g/mol. The van der Waals surface area contributed by atoms with Crippen molar-refractivity contribution < 1.29 is 29.0 Å². The Morgan fingerprint density at radius 1 is 1.33 bits per heavy atom.